The third-order valence-electron chi connectivity index (χ3n) is 4.40. The number of esters is 1. The topological polar surface area (TPSA) is 102 Å². The van der Waals surface area contributed by atoms with Gasteiger partial charge in [0, 0.05) is 7.05 Å². The molecule has 1 atom stereocenters. The number of nitrogens with zero attached hydrogens (tertiary/aromatic N) is 4. The van der Waals surface area contributed by atoms with Gasteiger partial charge in [0.2, 0.25) is 0 Å². The number of H-pyrrole nitrogens is 1. The molecule has 0 amide bonds. The van der Waals surface area contributed by atoms with E-state index in [2.05, 4.69) is 28.7 Å². The van der Waals surface area contributed by atoms with Crippen molar-refractivity contribution in [3.05, 3.63) is 26.7 Å². The van der Waals surface area contributed by atoms with Gasteiger partial charge in [-0.15, -0.1) is 0 Å². The zero-order valence-corrected chi connectivity index (χ0v) is 16.0. The number of methoxy groups -OCH3 is 1. The first kappa shape index (κ1) is 19.9. The van der Waals surface area contributed by atoms with Gasteiger partial charge in [-0.05, 0) is 32.9 Å². The van der Waals surface area contributed by atoms with Crippen LogP contribution < -0.4 is 11.2 Å². The Bertz CT molecular complexity index is 889. The Kier molecular flexibility index (Phi) is 6.36. The lowest BCUT2D eigenvalue weighted by Gasteiger charge is -2.22. The van der Waals surface area contributed by atoms with Crippen molar-refractivity contribution in [2.75, 3.05) is 20.2 Å². The van der Waals surface area contributed by atoms with Crippen molar-refractivity contribution in [1.82, 2.24) is 24.0 Å². The van der Waals surface area contributed by atoms with Crippen LogP contribution >= 0.6 is 0 Å². The number of ether oxygens (including phenoxy) is 1. The van der Waals surface area contributed by atoms with E-state index in [0.717, 1.165) is 25.9 Å². The molecule has 2 heterocycles. The van der Waals surface area contributed by atoms with Gasteiger partial charge >= 0.3 is 11.7 Å². The standard InChI is InChI=1S/C17H27N5O4/c1-6-8-21(9-7-2)10-12-18-14-13(15(23)19-17(25)20(14)4)22(12)11(3)16(24)26-5/h11H,6-10H2,1-5H3,(H,19,23,25)/t11-/m1/s1. The fourth-order valence-electron chi connectivity index (χ4n) is 3.15. The molecule has 0 aromatic carbocycles. The van der Waals surface area contributed by atoms with Crippen molar-refractivity contribution in [1.29, 1.82) is 0 Å². The van der Waals surface area contributed by atoms with E-state index in [1.807, 2.05) is 0 Å². The number of imidazole rings is 1. The van der Waals surface area contributed by atoms with Crippen molar-refractivity contribution in [2.24, 2.45) is 7.05 Å². The Balaban J connectivity index is 2.69. The van der Waals surface area contributed by atoms with Crippen LogP contribution in [0.1, 0.15) is 45.5 Å². The molecule has 1 N–H and O–H groups in total. The summed E-state index contributed by atoms with van der Waals surface area (Å²) in [5, 5.41) is 0. The van der Waals surface area contributed by atoms with Crippen LogP contribution in [0, 0.1) is 0 Å². The maximum atomic E-state index is 12.4. The van der Waals surface area contributed by atoms with Crippen molar-refractivity contribution >= 4 is 17.1 Å². The third-order valence-corrected chi connectivity index (χ3v) is 4.40. The summed E-state index contributed by atoms with van der Waals surface area (Å²) in [4.78, 5) is 45.5. The lowest BCUT2D eigenvalue weighted by atomic mass is 10.3. The number of carbonyl (C=O) groups is 1. The molecule has 0 aliphatic carbocycles. The van der Waals surface area contributed by atoms with Gasteiger partial charge < -0.3 is 9.30 Å². The maximum Gasteiger partial charge on any atom is 0.329 e. The number of fused-ring (bicyclic) bond motifs is 1. The van der Waals surface area contributed by atoms with Gasteiger partial charge in [0.25, 0.3) is 5.56 Å². The minimum absolute atomic E-state index is 0.202. The molecule has 0 fully saturated rings. The van der Waals surface area contributed by atoms with Gasteiger partial charge in [-0.25, -0.2) is 14.6 Å². The molecule has 2 aromatic rings. The van der Waals surface area contributed by atoms with E-state index < -0.39 is 23.3 Å². The average Bonchev–Trinajstić information content (AvgIpc) is 2.98. The van der Waals surface area contributed by atoms with Gasteiger partial charge in [0.15, 0.2) is 11.2 Å². The smallest absolute Gasteiger partial charge is 0.329 e. The second-order valence-electron chi connectivity index (χ2n) is 6.36. The Morgan fingerprint density at radius 1 is 1.27 bits per heavy atom. The summed E-state index contributed by atoms with van der Waals surface area (Å²) in [5.41, 5.74) is -0.635. The molecule has 2 rings (SSSR count). The first-order valence-electron chi connectivity index (χ1n) is 8.85. The zero-order chi connectivity index (χ0) is 19.4. The maximum absolute atomic E-state index is 12.4. The molecule has 0 spiro atoms. The van der Waals surface area contributed by atoms with Crippen molar-refractivity contribution in [3.63, 3.8) is 0 Å². The van der Waals surface area contributed by atoms with Crippen LogP contribution in [0.15, 0.2) is 9.59 Å². The molecule has 26 heavy (non-hydrogen) atoms. The summed E-state index contributed by atoms with van der Waals surface area (Å²) in [6.07, 6.45) is 1.96. The summed E-state index contributed by atoms with van der Waals surface area (Å²) in [6.45, 7) is 8.07. The number of hydrogen-bond acceptors (Lipinski definition) is 6. The number of carbonyl (C=O) groups excluding carboxylic acids is 1. The van der Waals surface area contributed by atoms with Crippen molar-refractivity contribution < 1.29 is 9.53 Å². The Morgan fingerprint density at radius 3 is 2.42 bits per heavy atom. The van der Waals surface area contributed by atoms with E-state index in [1.165, 1.54) is 11.7 Å². The van der Waals surface area contributed by atoms with Crippen LogP contribution in [0.2, 0.25) is 0 Å². The highest BCUT2D eigenvalue weighted by Crippen LogP contribution is 2.20. The minimum atomic E-state index is -0.733. The van der Waals surface area contributed by atoms with Gasteiger partial charge in [-0.2, -0.15) is 0 Å². The van der Waals surface area contributed by atoms with Gasteiger partial charge in [-0.3, -0.25) is 19.2 Å². The molecule has 9 nitrogen and oxygen atoms in total. The molecule has 0 unspecified atom stereocenters. The fraction of sp³-hybridized carbons (Fsp3) is 0.647. The largest absolute Gasteiger partial charge is 0.467 e. The number of rotatable bonds is 8. The predicted molar refractivity (Wildman–Crippen MR) is 98.2 cm³/mol. The first-order chi connectivity index (χ1) is 12.3. The number of aromatic amines is 1. The average molecular weight is 365 g/mol. The van der Waals surface area contributed by atoms with E-state index in [-0.39, 0.29) is 11.2 Å². The van der Waals surface area contributed by atoms with Crippen molar-refractivity contribution in [3.8, 4) is 0 Å². The summed E-state index contributed by atoms with van der Waals surface area (Å²) in [5.74, 6) is 0.0860. The predicted octanol–water partition coefficient (Wildman–Crippen LogP) is 0.779. The molecule has 0 saturated carbocycles. The monoisotopic (exact) mass is 365 g/mol. The van der Waals surface area contributed by atoms with E-state index in [9.17, 15) is 14.4 Å². The Morgan fingerprint density at radius 2 is 1.88 bits per heavy atom. The summed E-state index contributed by atoms with van der Waals surface area (Å²) >= 11 is 0. The second-order valence-corrected chi connectivity index (χ2v) is 6.36. The normalized spacial score (nSPS) is 12.7. The van der Waals surface area contributed by atoms with E-state index in [1.54, 1.807) is 18.5 Å². The molecule has 0 bridgehead atoms. The molecule has 0 aliphatic rings. The molecule has 0 radical (unpaired) electrons. The fourth-order valence-corrected chi connectivity index (χ4v) is 3.15. The van der Waals surface area contributed by atoms with E-state index in [4.69, 9.17) is 4.74 Å². The van der Waals surface area contributed by atoms with Gasteiger partial charge in [0.05, 0.1) is 13.7 Å². The lowest BCUT2D eigenvalue weighted by molar-refractivity contribution is -0.144. The molecular weight excluding hydrogens is 338 g/mol. The zero-order valence-electron chi connectivity index (χ0n) is 16.0. The molecule has 0 saturated heterocycles. The van der Waals surface area contributed by atoms with E-state index >= 15 is 0 Å². The molecular formula is C17H27N5O4. The summed E-state index contributed by atoms with van der Waals surface area (Å²) in [7, 11) is 2.85. The molecule has 144 valence electrons. The SMILES string of the molecule is CCCN(CCC)Cc1nc2c(c(=O)[nH]c(=O)n2C)n1[C@H](C)C(=O)OC. The van der Waals surface area contributed by atoms with Crippen LogP contribution in [0.3, 0.4) is 0 Å². The second kappa shape index (κ2) is 8.31. The van der Waals surface area contributed by atoms with Crippen LogP contribution in [-0.2, 0) is 23.1 Å². The molecule has 2 aromatic heterocycles. The minimum Gasteiger partial charge on any atom is -0.467 e. The summed E-state index contributed by atoms with van der Waals surface area (Å²) in [6, 6.07) is -0.733. The van der Waals surface area contributed by atoms with Crippen LogP contribution in [0.4, 0.5) is 0 Å². The first-order valence-corrected chi connectivity index (χ1v) is 8.85. The van der Waals surface area contributed by atoms with Crippen LogP contribution in [0.25, 0.3) is 11.2 Å². The highest BCUT2D eigenvalue weighted by molar-refractivity contribution is 5.78. The third kappa shape index (κ3) is 3.72. The van der Waals surface area contributed by atoms with Gasteiger partial charge in [0.1, 0.15) is 11.9 Å². The van der Waals surface area contributed by atoms with Crippen LogP contribution in [0.5, 0.6) is 0 Å². The Hall–Kier alpha value is -2.42. The number of nitrogens with one attached hydrogen (secondary N) is 1. The highest BCUT2D eigenvalue weighted by atomic mass is 16.5. The highest BCUT2D eigenvalue weighted by Gasteiger charge is 2.26. The summed E-state index contributed by atoms with van der Waals surface area (Å²) < 4.78 is 7.72. The lowest BCUT2D eigenvalue weighted by Crippen LogP contribution is -2.31. The Labute approximate surface area is 151 Å². The number of aromatic nitrogens is 4. The molecule has 9 heteroatoms. The number of hydrogen-bond donors (Lipinski definition) is 1. The van der Waals surface area contributed by atoms with Gasteiger partial charge in [-0.1, -0.05) is 13.8 Å². The quantitative estimate of drug-likeness (QED) is 0.694. The van der Waals surface area contributed by atoms with Crippen LogP contribution in [-0.4, -0.2) is 50.2 Å². The van der Waals surface area contributed by atoms with Crippen molar-refractivity contribution in [2.45, 2.75) is 46.2 Å². The number of aryl methyl sites for hydroxylation is 1. The van der Waals surface area contributed by atoms with E-state index in [0.29, 0.717) is 12.4 Å². The molecule has 0 aliphatic heterocycles.